The molecule has 0 saturated heterocycles. The largest absolute Gasteiger partial charge is 0.473 e. The molecule has 1 unspecified atom stereocenters. The van der Waals surface area contributed by atoms with Crippen molar-refractivity contribution in [1.29, 1.82) is 5.26 Å². The molecule has 1 fully saturated rings. The number of anilines is 1. The van der Waals surface area contributed by atoms with Crippen molar-refractivity contribution in [2.75, 3.05) is 5.32 Å². The zero-order valence-corrected chi connectivity index (χ0v) is 18.5. The van der Waals surface area contributed by atoms with E-state index in [2.05, 4.69) is 26.5 Å². The first-order valence-corrected chi connectivity index (χ1v) is 10.8. The third-order valence-electron chi connectivity index (χ3n) is 5.57. The summed E-state index contributed by atoms with van der Waals surface area (Å²) in [7, 11) is 0. The van der Waals surface area contributed by atoms with Gasteiger partial charge in [-0.25, -0.2) is 14.5 Å². The highest BCUT2D eigenvalue weighted by molar-refractivity contribution is 5.96. The Morgan fingerprint density at radius 2 is 2.03 bits per heavy atom. The van der Waals surface area contributed by atoms with Crippen molar-refractivity contribution in [3.05, 3.63) is 47.3 Å². The molecule has 1 atom stereocenters. The molecule has 3 heterocycles. The lowest BCUT2D eigenvalue weighted by Crippen LogP contribution is -2.21. The number of carbonyl (C=O) groups excluding carboxylic acids is 1. The monoisotopic (exact) mass is 436 g/mol. The number of halogens is 1. The number of aromatic nitrogens is 4. The van der Waals surface area contributed by atoms with Crippen LogP contribution in [-0.4, -0.2) is 31.6 Å². The van der Waals surface area contributed by atoms with Crippen molar-refractivity contribution < 1.29 is 13.9 Å². The lowest BCUT2D eigenvalue weighted by Gasteiger charge is -2.19. The van der Waals surface area contributed by atoms with Crippen molar-refractivity contribution in [3.63, 3.8) is 0 Å². The van der Waals surface area contributed by atoms with E-state index in [0.717, 1.165) is 24.1 Å². The summed E-state index contributed by atoms with van der Waals surface area (Å²) in [5.41, 5.74) is 2.22. The topological polar surface area (TPSA) is 105 Å². The van der Waals surface area contributed by atoms with Crippen LogP contribution in [-0.2, 0) is 10.2 Å². The Hall–Kier alpha value is -3.54. The Bertz CT molecular complexity index is 1230. The maximum atomic E-state index is 13.7. The molecule has 1 N–H and O–H groups in total. The molecule has 0 bridgehead atoms. The molecule has 2 aliphatic carbocycles. The number of fused-ring (bicyclic) bond motifs is 3. The molecular formula is C23H25FN6O2. The molecule has 3 aromatic heterocycles. The summed E-state index contributed by atoms with van der Waals surface area (Å²) in [5.74, 6) is -1.04. The number of pyridine rings is 1. The summed E-state index contributed by atoms with van der Waals surface area (Å²) >= 11 is 0. The predicted octanol–water partition coefficient (Wildman–Crippen LogP) is 4.11. The first-order valence-electron chi connectivity index (χ1n) is 10.8. The fourth-order valence-electron chi connectivity index (χ4n) is 4.07. The van der Waals surface area contributed by atoms with Crippen molar-refractivity contribution in [3.8, 4) is 11.9 Å². The maximum Gasteiger partial charge on any atom is 0.235 e. The summed E-state index contributed by atoms with van der Waals surface area (Å²) in [5, 5.41) is 16.2. The van der Waals surface area contributed by atoms with E-state index >= 15 is 0 Å². The van der Waals surface area contributed by atoms with Crippen molar-refractivity contribution >= 4 is 17.2 Å². The van der Waals surface area contributed by atoms with Crippen LogP contribution in [0.25, 0.3) is 5.65 Å². The molecule has 5 rings (SSSR count). The zero-order chi connectivity index (χ0) is 23.0. The second kappa shape index (κ2) is 8.19. The average Bonchev–Trinajstić information content (AvgIpc) is 3.44. The van der Waals surface area contributed by atoms with Crippen LogP contribution in [0.1, 0.15) is 69.7 Å². The minimum absolute atomic E-state index is 0.124. The highest BCUT2D eigenvalue weighted by atomic mass is 19.1. The normalized spacial score (nSPS) is 18.3. The van der Waals surface area contributed by atoms with E-state index < -0.39 is 17.3 Å². The fourth-order valence-corrected chi connectivity index (χ4v) is 4.07. The molecule has 3 aromatic rings. The molecule has 2 aliphatic rings. The van der Waals surface area contributed by atoms with E-state index in [1.165, 1.54) is 16.8 Å². The first kappa shape index (κ1) is 21.7. The number of rotatable bonds is 4. The number of amides is 1. The summed E-state index contributed by atoms with van der Waals surface area (Å²) in [6.07, 6.45) is 5.68. The molecule has 0 aromatic carbocycles. The Morgan fingerprint density at radius 1 is 1.28 bits per heavy atom. The second-order valence-electron chi connectivity index (χ2n) is 8.43. The van der Waals surface area contributed by atoms with Gasteiger partial charge >= 0.3 is 0 Å². The number of carbonyl (C=O) groups is 1. The molecule has 0 spiro atoms. The number of nitrogens with zero attached hydrogens (tertiary/aromatic N) is 5. The van der Waals surface area contributed by atoms with Crippen LogP contribution in [0, 0.1) is 17.3 Å². The van der Waals surface area contributed by atoms with Gasteiger partial charge in [-0.15, -0.1) is 5.10 Å². The van der Waals surface area contributed by atoms with Crippen LogP contribution in [0.2, 0.25) is 0 Å². The Balaban J connectivity index is 0.00000119. The van der Waals surface area contributed by atoms with E-state index in [1.807, 2.05) is 27.7 Å². The third kappa shape index (κ3) is 3.88. The molecule has 0 aliphatic heterocycles. The third-order valence-corrected chi connectivity index (χ3v) is 5.57. The number of ether oxygens (including phenoxy) is 1. The molecule has 166 valence electrons. The van der Waals surface area contributed by atoms with Gasteiger partial charge in [-0.1, -0.05) is 27.7 Å². The average molecular weight is 436 g/mol. The Morgan fingerprint density at radius 3 is 2.72 bits per heavy atom. The standard InChI is InChI=1S/C21H19FN6O2.C2H6/c1-21(2)7-14(15-10-24-17-6-16(22)27-28(17)18(15)21)19(29)26-12-5-11(8-23)20(25-9-12)30-13-3-4-13;1-2/h5-6,9-10,13-14H,3-4,7H2,1-2H3,(H,26,29);1-2H3. The highest BCUT2D eigenvalue weighted by Gasteiger charge is 2.43. The SMILES string of the molecule is CC.CC1(C)CC(C(=O)Nc2cnc(OC3CC3)c(C#N)c2)c2cnc3cc(F)nn3c21. The summed E-state index contributed by atoms with van der Waals surface area (Å²) in [6.45, 7) is 8.00. The van der Waals surface area contributed by atoms with Crippen molar-refractivity contribution in [1.82, 2.24) is 19.6 Å². The van der Waals surface area contributed by atoms with Crippen LogP contribution >= 0.6 is 0 Å². The highest BCUT2D eigenvalue weighted by Crippen LogP contribution is 2.45. The van der Waals surface area contributed by atoms with E-state index in [4.69, 9.17) is 4.74 Å². The molecule has 1 amide bonds. The van der Waals surface area contributed by atoms with Crippen LogP contribution < -0.4 is 10.1 Å². The van der Waals surface area contributed by atoms with Crippen LogP contribution in [0.15, 0.2) is 24.5 Å². The number of hydrogen-bond donors (Lipinski definition) is 1. The lowest BCUT2D eigenvalue weighted by atomic mass is 9.88. The zero-order valence-electron chi connectivity index (χ0n) is 18.5. The molecule has 32 heavy (non-hydrogen) atoms. The summed E-state index contributed by atoms with van der Waals surface area (Å²) in [4.78, 5) is 21.6. The van der Waals surface area contributed by atoms with Gasteiger partial charge in [0.1, 0.15) is 17.7 Å². The van der Waals surface area contributed by atoms with Gasteiger partial charge in [-0.3, -0.25) is 4.79 Å². The fraction of sp³-hybridized carbons (Fsp3) is 0.435. The van der Waals surface area contributed by atoms with Gasteiger partial charge in [0.05, 0.1) is 23.5 Å². The van der Waals surface area contributed by atoms with Gasteiger partial charge in [0, 0.05) is 23.2 Å². The number of nitrogens with one attached hydrogen (secondary N) is 1. The number of hydrogen-bond acceptors (Lipinski definition) is 6. The van der Waals surface area contributed by atoms with Gasteiger partial charge in [0.2, 0.25) is 17.7 Å². The molecule has 9 heteroatoms. The Kier molecular flexibility index (Phi) is 5.55. The Labute approximate surface area is 185 Å². The predicted molar refractivity (Wildman–Crippen MR) is 116 cm³/mol. The quantitative estimate of drug-likeness (QED) is 0.660. The minimum atomic E-state index is -0.608. The lowest BCUT2D eigenvalue weighted by molar-refractivity contribution is -0.117. The van der Waals surface area contributed by atoms with Gasteiger partial charge in [0.25, 0.3) is 0 Å². The molecular weight excluding hydrogens is 411 g/mol. The van der Waals surface area contributed by atoms with E-state index in [1.54, 1.807) is 12.3 Å². The van der Waals surface area contributed by atoms with Crippen LogP contribution in [0.5, 0.6) is 5.88 Å². The molecule has 0 radical (unpaired) electrons. The smallest absolute Gasteiger partial charge is 0.235 e. The molecule has 1 saturated carbocycles. The summed E-state index contributed by atoms with van der Waals surface area (Å²) < 4.78 is 20.8. The second-order valence-corrected chi connectivity index (χ2v) is 8.43. The maximum absolute atomic E-state index is 13.7. The van der Waals surface area contributed by atoms with Gasteiger partial charge in [0.15, 0.2) is 5.65 Å². The molecule has 8 nitrogen and oxygen atoms in total. The minimum Gasteiger partial charge on any atom is -0.473 e. The van der Waals surface area contributed by atoms with Crippen LogP contribution in [0.4, 0.5) is 10.1 Å². The van der Waals surface area contributed by atoms with E-state index in [9.17, 15) is 14.4 Å². The van der Waals surface area contributed by atoms with Crippen molar-refractivity contribution in [2.45, 2.75) is 64.4 Å². The van der Waals surface area contributed by atoms with Gasteiger partial charge in [-0.05, 0) is 25.3 Å². The van der Waals surface area contributed by atoms with Crippen molar-refractivity contribution in [2.24, 2.45) is 0 Å². The van der Waals surface area contributed by atoms with Gasteiger partial charge in [-0.2, -0.15) is 9.65 Å². The van der Waals surface area contributed by atoms with Crippen LogP contribution in [0.3, 0.4) is 0 Å². The van der Waals surface area contributed by atoms with E-state index in [0.29, 0.717) is 17.8 Å². The summed E-state index contributed by atoms with van der Waals surface area (Å²) in [6, 6.07) is 4.90. The van der Waals surface area contributed by atoms with E-state index in [-0.39, 0.29) is 23.5 Å². The first-order chi connectivity index (χ1) is 15.4. The van der Waals surface area contributed by atoms with Gasteiger partial charge < -0.3 is 10.1 Å². The number of nitriles is 1.